The Morgan fingerprint density at radius 1 is 1.21 bits per heavy atom. The molecule has 7 heteroatoms. The summed E-state index contributed by atoms with van der Waals surface area (Å²) in [5.74, 6) is 0.287. The van der Waals surface area contributed by atoms with Gasteiger partial charge in [-0.15, -0.1) is 0 Å². The van der Waals surface area contributed by atoms with Gasteiger partial charge in [-0.25, -0.2) is 4.79 Å². The van der Waals surface area contributed by atoms with Crippen molar-refractivity contribution in [2.75, 3.05) is 31.6 Å². The summed E-state index contributed by atoms with van der Waals surface area (Å²) >= 11 is 1.65. The summed E-state index contributed by atoms with van der Waals surface area (Å²) < 4.78 is 5.38. The summed E-state index contributed by atoms with van der Waals surface area (Å²) in [6.45, 7) is 6.39. The lowest BCUT2D eigenvalue weighted by Crippen LogP contribution is -2.48. The number of rotatable bonds is 12. The molecule has 0 unspecified atom stereocenters. The maximum atomic E-state index is 13.1. The lowest BCUT2D eigenvalue weighted by atomic mass is 10.0. The molecular weight excluding hydrogens is 434 g/mol. The van der Waals surface area contributed by atoms with Gasteiger partial charge >= 0.3 is 5.97 Å². The molecule has 1 aliphatic heterocycles. The highest BCUT2D eigenvalue weighted by Crippen LogP contribution is 2.20. The van der Waals surface area contributed by atoms with Crippen molar-refractivity contribution in [2.45, 2.75) is 57.8 Å². The number of carbonyl (C=O) groups excluding carboxylic acids is 2. The van der Waals surface area contributed by atoms with Gasteiger partial charge in [0.1, 0.15) is 6.04 Å². The Morgan fingerprint density at radius 3 is 2.73 bits per heavy atom. The number of amides is 1. The molecule has 1 amide bonds. The van der Waals surface area contributed by atoms with Gasteiger partial charge in [0.2, 0.25) is 5.91 Å². The molecule has 0 radical (unpaired) electrons. The van der Waals surface area contributed by atoms with E-state index in [0.717, 1.165) is 31.7 Å². The Balaban J connectivity index is 1.71. The standard InChI is InChI=1S/C26H37N3O3S/c1-19(2)32-26(31)24(13-15-33-3)28-25(30)18-29(17-22-11-7-14-27-22)16-21-10-6-9-20-8-4-5-12-23(20)21/h4-6,8-10,12,19,22,24,27H,7,11,13-18H2,1-3H3,(H,28,30)/t22-,24-/m0/s1. The van der Waals surface area contributed by atoms with Gasteiger partial charge < -0.3 is 15.4 Å². The van der Waals surface area contributed by atoms with E-state index in [0.29, 0.717) is 19.0 Å². The first-order valence-electron chi connectivity index (χ1n) is 11.9. The van der Waals surface area contributed by atoms with Gasteiger partial charge in [0.05, 0.1) is 12.6 Å². The van der Waals surface area contributed by atoms with Gasteiger partial charge in [-0.3, -0.25) is 9.69 Å². The molecule has 0 aliphatic carbocycles. The summed E-state index contributed by atoms with van der Waals surface area (Å²) in [5, 5.41) is 8.90. The number of hydrogen-bond acceptors (Lipinski definition) is 6. The van der Waals surface area contributed by atoms with Crippen LogP contribution < -0.4 is 10.6 Å². The number of esters is 1. The van der Waals surface area contributed by atoms with Crippen molar-refractivity contribution in [3.63, 3.8) is 0 Å². The molecule has 0 bridgehead atoms. The number of ether oxygens (including phenoxy) is 1. The molecular formula is C26H37N3O3S. The second kappa shape index (κ2) is 13.0. The number of fused-ring (bicyclic) bond motifs is 1. The summed E-state index contributed by atoms with van der Waals surface area (Å²) in [5.41, 5.74) is 1.21. The van der Waals surface area contributed by atoms with E-state index in [9.17, 15) is 9.59 Å². The van der Waals surface area contributed by atoms with Crippen LogP contribution in [0.2, 0.25) is 0 Å². The predicted octanol–water partition coefficient (Wildman–Crippen LogP) is 3.58. The number of nitrogens with one attached hydrogen (secondary N) is 2. The van der Waals surface area contributed by atoms with E-state index in [4.69, 9.17) is 4.74 Å². The maximum Gasteiger partial charge on any atom is 0.328 e. The first-order chi connectivity index (χ1) is 16.0. The van der Waals surface area contributed by atoms with Gasteiger partial charge in [0.15, 0.2) is 0 Å². The van der Waals surface area contributed by atoms with E-state index in [2.05, 4.69) is 51.9 Å². The van der Waals surface area contributed by atoms with Crippen LogP contribution in [0.25, 0.3) is 10.8 Å². The molecule has 0 aromatic heterocycles. The number of benzene rings is 2. The fraction of sp³-hybridized carbons (Fsp3) is 0.538. The Morgan fingerprint density at radius 2 is 2.00 bits per heavy atom. The van der Waals surface area contributed by atoms with Crippen molar-refractivity contribution < 1.29 is 14.3 Å². The Hall–Kier alpha value is -2.09. The molecule has 1 aliphatic rings. The molecule has 2 aromatic carbocycles. The maximum absolute atomic E-state index is 13.1. The van der Waals surface area contributed by atoms with Crippen molar-refractivity contribution in [1.82, 2.24) is 15.5 Å². The van der Waals surface area contributed by atoms with Crippen molar-refractivity contribution >= 4 is 34.4 Å². The second-order valence-electron chi connectivity index (χ2n) is 8.99. The van der Waals surface area contributed by atoms with E-state index in [1.165, 1.54) is 16.3 Å². The minimum absolute atomic E-state index is 0.139. The van der Waals surface area contributed by atoms with Gasteiger partial charge in [-0.1, -0.05) is 42.5 Å². The van der Waals surface area contributed by atoms with Gasteiger partial charge in [0.25, 0.3) is 0 Å². The molecule has 2 aromatic rings. The van der Waals surface area contributed by atoms with Crippen molar-refractivity contribution in [2.24, 2.45) is 0 Å². The fourth-order valence-corrected chi connectivity index (χ4v) is 4.79. The lowest BCUT2D eigenvalue weighted by molar-refractivity contribution is -0.151. The minimum atomic E-state index is -0.614. The zero-order chi connectivity index (χ0) is 23.6. The highest BCUT2D eigenvalue weighted by Gasteiger charge is 2.25. The minimum Gasteiger partial charge on any atom is -0.461 e. The first-order valence-corrected chi connectivity index (χ1v) is 13.3. The number of thioether (sulfide) groups is 1. The Kier molecular flexibility index (Phi) is 10.0. The van der Waals surface area contributed by atoms with Crippen LogP contribution in [-0.4, -0.2) is 66.6 Å². The molecule has 33 heavy (non-hydrogen) atoms. The molecule has 3 rings (SSSR count). The normalized spacial score (nSPS) is 16.9. The van der Waals surface area contributed by atoms with E-state index in [1.54, 1.807) is 11.8 Å². The number of carbonyl (C=O) groups is 2. The van der Waals surface area contributed by atoms with Gasteiger partial charge in [-0.2, -0.15) is 11.8 Å². The Labute approximate surface area is 201 Å². The Bertz CT molecular complexity index is 909. The first kappa shape index (κ1) is 25.5. The summed E-state index contributed by atoms with van der Waals surface area (Å²) in [7, 11) is 0. The molecule has 2 atom stereocenters. The fourth-order valence-electron chi connectivity index (χ4n) is 4.32. The predicted molar refractivity (Wildman–Crippen MR) is 136 cm³/mol. The molecule has 1 heterocycles. The van der Waals surface area contributed by atoms with E-state index < -0.39 is 6.04 Å². The van der Waals surface area contributed by atoms with Crippen LogP contribution in [0.4, 0.5) is 0 Å². The summed E-state index contributed by atoms with van der Waals surface area (Å²) in [4.78, 5) is 27.8. The quantitative estimate of drug-likeness (QED) is 0.461. The van der Waals surface area contributed by atoms with E-state index in [-0.39, 0.29) is 24.5 Å². The van der Waals surface area contributed by atoms with Crippen LogP contribution in [0, 0.1) is 0 Å². The average molecular weight is 472 g/mol. The third-order valence-corrected chi connectivity index (χ3v) is 6.51. The molecule has 1 fully saturated rings. The highest BCUT2D eigenvalue weighted by atomic mass is 32.2. The van der Waals surface area contributed by atoms with Crippen LogP contribution in [0.15, 0.2) is 42.5 Å². The number of nitrogens with zero attached hydrogens (tertiary/aromatic N) is 1. The summed E-state index contributed by atoms with van der Waals surface area (Å²) in [6, 6.07) is 14.4. The third-order valence-electron chi connectivity index (χ3n) is 5.86. The SMILES string of the molecule is CSCC[C@H](NC(=O)CN(Cc1cccc2ccccc12)C[C@@H]1CCCN1)C(=O)OC(C)C. The van der Waals surface area contributed by atoms with E-state index >= 15 is 0 Å². The van der Waals surface area contributed by atoms with Crippen molar-refractivity contribution in [1.29, 1.82) is 0 Å². The average Bonchev–Trinajstić information content (AvgIpc) is 3.29. The molecule has 180 valence electrons. The third kappa shape index (κ3) is 8.02. The van der Waals surface area contributed by atoms with Crippen LogP contribution in [0.3, 0.4) is 0 Å². The van der Waals surface area contributed by atoms with Crippen LogP contribution in [-0.2, 0) is 20.9 Å². The van der Waals surface area contributed by atoms with Gasteiger partial charge in [-0.05, 0) is 68.0 Å². The van der Waals surface area contributed by atoms with Crippen LogP contribution >= 0.6 is 11.8 Å². The highest BCUT2D eigenvalue weighted by molar-refractivity contribution is 7.98. The summed E-state index contributed by atoms with van der Waals surface area (Å²) in [6.07, 6.45) is 4.63. The smallest absolute Gasteiger partial charge is 0.328 e. The van der Waals surface area contributed by atoms with Gasteiger partial charge in [0, 0.05) is 19.1 Å². The monoisotopic (exact) mass is 471 g/mol. The molecule has 6 nitrogen and oxygen atoms in total. The van der Waals surface area contributed by atoms with E-state index in [1.807, 2.05) is 26.2 Å². The largest absolute Gasteiger partial charge is 0.461 e. The zero-order valence-electron chi connectivity index (χ0n) is 20.0. The lowest BCUT2D eigenvalue weighted by Gasteiger charge is -2.27. The molecule has 0 spiro atoms. The second-order valence-corrected chi connectivity index (χ2v) is 9.97. The molecule has 1 saturated heterocycles. The topological polar surface area (TPSA) is 70.7 Å². The van der Waals surface area contributed by atoms with Crippen molar-refractivity contribution in [3.05, 3.63) is 48.0 Å². The molecule has 0 saturated carbocycles. The van der Waals surface area contributed by atoms with Crippen molar-refractivity contribution in [3.8, 4) is 0 Å². The van der Waals surface area contributed by atoms with Crippen LogP contribution in [0.5, 0.6) is 0 Å². The number of hydrogen-bond donors (Lipinski definition) is 2. The zero-order valence-corrected chi connectivity index (χ0v) is 20.8. The molecule has 2 N–H and O–H groups in total. The van der Waals surface area contributed by atoms with Crippen LogP contribution in [0.1, 0.15) is 38.7 Å².